The molecule has 1 aliphatic heterocycles. The fourth-order valence-electron chi connectivity index (χ4n) is 3.15. The standard InChI is InChI=1S/C16H12N4O.C5H11N/c1-10-2-3-11(8-17)6-13(10)12-4-5-15-14(7-12)16(18-9-21)20-19-15;1-2-4-6-5-3-1/h2-7,9H,1H3,(H2,18,19,20,21);6H,1-5H2. The van der Waals surface area contributed by atoms with Crippen molar-refractivity contribution in [1.29, 1.82) is 5.26 Å². The maximum Gasteiger partial charge on any atom is 0.212 e. The molecule has 0 bridgehead atoms. The number of carbonyl (C=O) groups is 1. The molecule has 27 heavy (non-hydrogen) atoms. The van der Waals surface area contributed by atoms with Gasteiger partial charge < -0.3 is 10.6 Å². The number of fused-ring (bicyclic) bond motifs is 1. The van der Waals surface area contributed by atoms with Crippen LogP contribution < -0.4 is 10.6 Å². The van der Waals surface area contributed by atoms with E-state index in [0.717, 1.165) is 27.6 Å². The van der Waals surface area contributed by atoms with Gasteiger partial charge in [0, 0.05) is 5.39 Å². The molecule has 0 spiro atoms. The molecular weight excluding hydrogens is 338 g/mol. The van der Waals surface area contributed by atoms with Crippen molar-refractivity contribution in [3.8, 4) is 17.2 Å². The largest absolute Gasteiger partial charge is 0.317 e. The highest BCUT2D eigenvalue weighted by molar-refractivity contribution is 5.96. The minimum atomic E-state index is 0.496. The molecule has 0 unspecified atom stereocenters. The number of nitriles is 1. The molecule has 1 aromatic heterocycles. The number of rotatable bonds is 3. The molecule has 1 fully saturated rings. The second-order valence-electron chi connectivity index (χ2n) is 6.55. The van der Waals surface area contributed by atoms with Crippen LogP contribution >= 0.6 is 0 Å². The van der Waals surface area contributed by atoms with E-state index in [1.807, 2.05) is 37.3 Å². The van der Waals surface area contributed by atoms with Crippen molar-refractivity contribution in [3.05, 3.63) is 47.5 Å². The summed E-state index contributed by atoms with van der Waals surface area (Å²) < 4.78 is 0. The lowest BCUT2D eigenvalue weighted by atomic mass is 9.97. The molecule has 0 saturated carbocycles. The predicted octanol–water partition coefficient (Wildman–Crippen LogP) is 3.74. The molecule has 3 N–H and O–H groups in total. The summed E-state index contributed by atoms with van der Waals surface area (Å²) in [5.41, 5.74) is 4.52. The molecule has 1 saturated heterocycles. The lowest BCUT2D eigenvalue weighted by Crippen LogP contribution is -2.21. The van der Waals surface area contributed by atoms with Gasteiger partial charge in [-0.15, -0.1) is 0 Å². The van der Waals surface area contributed by atoms with E-state index >= 15 is 0 Å². The number of carbonyl (C=O) groups excluding carboxylic acids is 1. The molecule has 1 aliphatic rings. The topological polar surface area (TPSA) is 93.6 Å². The van der Waals surface area contributed by atoms with E-state index in [0.29, 0.717) is 17.8 Å². The van der Waals surface area contributed by atoms with Crippen molar-refractivity contribution in [1.82, 2.24) is 15.5 Å². The summed E-state index contributed by atoms with van der Waals surface area (Å²) in [4.78, 5) is 10.6. The SMILES string of the molecule is C1CCNCC1.Cc1ccc(C#N)cc1-c1ccc2[nH]nc(NC=O)c2c1. The Morgan fingerprint density at radius 3 is 2.59 bits per heavy atom. The second-order valence-corrected chi connectivity index (χ2v) is 6.55. The zero-order valence-electron chi connectivity index (χ0n) is 15.4. The first kappa shape index (κ1) is 18.6. The molecule has 138 valence electrons. The third-order valence-corrected chi connectivity index (χ3v) is 4.64. The number of hydrogen-bond donors (Lipinski definition) is 3. The molecule has 0 radical (unpaired) electrons. The lowest BCUT2D eigenvalue weighted by molar-refractivity contribution is -0.105. The Bertz CT molecular complexity index is 955. The number of benzene rings is 2. The van der Waals surface area contributed by atoms with Crippen LogP contribution in [0.3, 0.4) is 0 Å². The van der Waals surface area contributed by atoms with Crippen LogP contribution in [-0.2, 0) is 4.79 Å². The number of nitrogens with zero attached hydrogens (tertiary/aromatic N) is 2. The Morgan fingerprint density at radius 2 is 1.96 bits per heavy atom. The van der Waals surface area contributed by atoms with Crippen molar-refractivity contribution < 1.29 is 4.79 Å². The Labute approximate surface area is 158 Å². The van der Waals surface area contributed by atoms with E-state index in [1.165, 1.54) is 32.4 Å². The first-order chi connectivity index (χ1) is 13.2. The summed E-state index contributed by atoms with van der Waals surface area (Å²) in [6, 6.07) is 13.6. The van der Waals surface area contributed by atoms with Crippen LogP contribution in [0.25, 0.3) is 22.0 Å². The lowest BCUT2D eigenvalue weighted by Gasteiger charge is -2.08. The molecule has 2 aromatic carbocycles. The van der Waals surface area contributed by atoms with Crippen LogP contribution in [0.5, 0.6) is 0 Å². The minimum absolute atomic E-state index is 0.496. The van der Waals surface area contributed by atoms with E-state index in [4.69, 9.17) is 5.26 Å². The van der Waals surface area contributed by atoms with Crippen molar-refractivity contribution in [2.75, 3.05) is 18.4 Å². The van der Waals surface area contributed by atoms with Crippen LogP contribution in [0, 0.1) is 18.3 Å². The van der Waals surface area contributed by atoms with Gasteiger partial charge >= 0.3 is 0 Å². The van der Waals surface area contributed by atoms with Gasteiger partial charge in [-0.25, -0.2) is 0 Å². The highest BCUT2D eigenvalue weighted by Gasteiger charge is 2.09. The minimum Gasteiger partial charge on any atom is -0.317 e. The zero-order valence-corrected chi connectivity index (χ0v) is 15.4. The summed E-state index contributed by atoms with van der Waals surface area (Å²) in [6.45, 7) is 4.50. The average molecular weight is 361 g/mol. The van der Waals surface area contributed by atoms with E-state index in [-0.39, 0.29) is 0 Å². The molecule has 4 rings (SSSR count). The number of aromatic amines is 1. The van der Waals surface area contributed by atoms with Gasteiger partial charge in [-0.2, -0.15) is 10.4 Å². The summed E-state index contributed by atoms with van der Waals surface area (Å²) >= 11 is 0. The fraction of sp³-hybridized carbons (Fsp3) is 0.286. The quantitative estimate of drug-likeness (QED) is 0.620. The molecule has 0 aliphatic carbocycles. The van der Waals surface area contributed by atoms with Gasteiger partial charge in [0.1, 0.15) is 0 Å². The Hall–Kier alpha value is -3.17. The van der Waals surface area contributed by atoms with Gasteiger partial charge in [0.05, 0.1) is 17.1 Å². The second kappa shape index (κ2) is 8.97. The maximum absolute atomic E-state index is 10.6. The Balaban J connectivity index is 0.000000299. The van der Waals surface area contributed by atoms with E-state index in [1.54, 1.807) is 6.07 Å². The van der Waals surface area contributed by atoms with Gasteiger partial charge in [0.15, 0.2) is 5.82 Å². The first-order valence-electron chi connectivity index (χ1n) is 9.13. The van der Waals surface area contributed by atoms with Crippen LogP contribution in [0.4, 0.5) is 5.82 Å². The number of aromatic nitrogens is 2. The Morgan fingerprint density at radius 1 is 1.15 bits per heavy atom. The van der Waals surface area contributed by atoms with Crippen LogP contribution in [-0.4, -0.2) is 29.7 Å². The molecule has 2 heterocycles. The van der Waals surface area contributed by atoms with Crippen molar-refractivity contribution >= 4 is 23.1 Å². The average Bonchev–Trinajstić information content (AvgIpc) is 3.13. The number of H-pyrrole nitrogens is 1. The van der Waals surface area contributed by atoms with Gasteiger partial charge in [-0.05, 0) is 73.8 Å². The summed E-state index contributed by atoms with van der Waals surface area (Å²) in [7, 11) is 0. The number of aryl methyl sites for hydroxylation is 1. The van der Waals surface area contributed by atoms with Gasteiger partial charge in [0.25, 0.3) is 0 Å². The number of hydrogen-bond acceptors (Lipinski definition) is 4. The molecule has 6 nitrogen and oxygen atoms in total. The summed E-state index contributed by atoms with van der Waals surface area (Å²) in [5, 5.41) is 22.7. The highest BCUT2D eigenvalue weighted by Crippen LogP contribution is 2.29. The Kier molecular flexibility index (Phi) is 6.18. The monoisotopic (exact) mass is 361 g/mol. The predicted molar refractivity (Wildman–Crippen MR) is 107 cm³/mol. The number of piperidine rings is 1. The van der Waals surface area contributed by atoms with Crippen LogP contribution in [0.2, 0.25) is 0 Å². The van der Waals surface area contributed by atoms with E-state index in [9.17, 15) is 4.79 Å². The van der Waals surface area contributed by atoms with Crippen molar-refractivity contribution in [2.45, 2.75) is 26.2 Å². The van der Waals surface area contributed by atoms with Gasteiger partial charge in [0.2, 0.25) is 6.41 Å². The first-order valence-corrected chi connectivity index (χ1v) is 9.13. The fourth-order valence-corrected chi connectivity index (χ4v) is 3.15. The summed E-state index contributed by atoms with van der Waals surface area (Å²) in [5.74, 6) is 0.496. The van der Waals surface area contributed by atoms with E-state index < -0.39 is 0 Å². The normalized spacial score (nSPS) is 13.3. The van der Waals surface area contributed by atoms with Gasteiger partial charge in [-0.3, -0.25) is 9.89 Å². The molecular formula is C21H23N5O. The smallest absolute Gasteiger partial charge is 0.212 e. The third kappa shape index (κ3) is 4.52. The molecule has 1 amide bonds. The molecule has 6 heteroatoms. The number of nitrogens with one attached hydrogen (secondary N) is 3. The van der Waals surface area contributed by atoms with E-state index in [2.05, 4.69) is 26.9 Å². The van der Waals surface area contributed by atoms with Crippen LogP contribution in [0.15, 0.2) is 36.4 Å². The number of amides is 1. The highest BCUT2D eigenvalue weighted by atomic mass is 16.1. The zero-order chi connectivity index (χ0) is 19.1. The van der Waals surface area contributed by atoms with Crippen LogP contribution in [0.1, 0.15) is 30.4 Å². The molecule has 0 atom stereocenters. The molecule has 3 aromatic rings. The number of anilines is 1. The maximum atomic E-state index is 10.6. The summed E-state index contributed by atoms with van der Waals surface area (Å²) in [6.07, 6.45) is 4.82. The van der Waals surface area contributed by atoms with Gasteiger partial charge in [-0.1, -0.05) is 18.6 Å². The van der Waals surface area contributed by atoms with Crippen molar-refractivity contribution in [2.24, 2.45) is 0 Å². The van der Waals surface area contributed by atoms with Crippen molar-refractivity contribution in [3.63, 3.8) is 0 Å². The third-order valence-electron chi connectivity index (χ3n) is 4.64.